The van der Waals surface area contributed by atoms with Gasteiger partial charge in [-0.3, -0.25) is 0 Å². The SMILES string of the molecule is C[C@@H](O)c1ccc(Cl)cc1Cl. The van der Waals surface area contributed by atoms with Crippen LogP contribution in [0.25, 0.3) is 0 Å². The van der Waals surface area contributed by atoms with Crippen molar-refractivity contribution in [1.82, 2.24) is 0 Å². The second-order valence-corrected chi connectivity index (χ2v) is 3.19. The molecule has 0 aliphatic rings. The molecular formula is C8H8Cl2O. The Kier molecular flexibility index (Phi) is 2.77. The Morgan fingerprint density at radius 3 is 2.45 bits per heavy atom. The van der Waals surface area contributed by atoms with Gasteiger partial charge in [-0.15, -0.1) is 0 Å². The van der Waals surface area contributed by atoms with Crippen LogP contribution in [0.2, 0.25) is 10.0 Å². The Balaban J connectivity index is 3.09. The maximum absolute atomic E-state index is 9.17. The first-order valence-corrected chi connectivity index (χ1v) is 4.00. The third-order valence-corrected chi connectivity index (χ3v) is 1.98. The van der Waals surface area contributed by atoms with E-state index in [2.05, 4.69) is 0 Å². The van der Waals surface area contributed by atoms with Gasteiger partial charge in [-0.05, 0) is 24.6 Å². The zero-order valence-corrected chi connectivity index (χ0v) is 7.52. The summed E-state index contributed by atoms with van der Waals surface area (Å²) in [6.45, 7) is 1.66. The van der Waals surface area contributed by atoms with Gasteiger partial charge in [-0.25, -0.2) is 0 Å². The Hall–Kier alpha value is -0.240. The van der Waals surface area contributed by atoms with Gasteiger partial charge in [-0.1, -0.05) is 29.3 Å². The maximum Gasteiger partial charge on any atom is 0.0776 e. The van der Waals surface area contributed by atoms with Crippen molar-refractivity contribution in [2.45, 2.75) is 13.0 Å². The molecule has 1 aromatic rings. The zero-order valence-electron chi connectivity index (χ0n) is 6.01. The molecule has 1 N–H and O–H groups in total. The van der Waals surface area contributed by atoms with E-state index < -0.39 is 6.10 Å². The Labute approximate surface area is 75.6 Å². The summed E-state index contributed by atoms with van der Waals surface area (Å²) in [6, 6.07) is 5.04. The highest BCUT2D eigenvalue weighted by Crippen LogP contribution is 2.25. The highest BCUT2D eigenvalue weighted by atomic mass is 35.5. The van der Waals surface area contributed by atoms with Gasteiger partial charge in [0.05, 0.1) is 6.10 Å². The second-order valence-electron chi connectivity index (χ2n) is 2.34. The van der Waals surface area contributed by atoms with Crippen molar-refractivity contribution in [1.29, 1.82) is 0 Å². The van der Waals surface area contributed by atoms with Crippen molar-refractivity contribution < 1.29 is 5.11 Å². The van der Waals surface area contributed by atoms with E-state index in [1.54, 1.807) is 25.1 Å². The van der Waals surface area contributed by atoms with Gasteiger partial charge in [0.2, 0.25) is 0 Å². The van der Waals surface area contributed by atoms with Crippen LogP contribution in [0, 0.1) is 0 Å². The van der Waals surface area contributed by atoms with Crippen molar-refractivity contribution in [3.63, 3.8) is 0 Å². The number of rotatable bonds is 1. The monoisotopic (exact) mass is 190 g/mol. The lowest BCUT2D eigenvalue weighted by atomic mass is 10.1. The lowest BCUT2D eigenvalue weighted by Crippen LogP contribution is -1.91. The number of benzene rings is 1. The third-order valence-electron chi connectivity index (χ3n) is 1.41. The number of aliphatic hydroxyl groups is 1. The Morgan fingerprint density at radius 1 is 1.36 bits per heavy atom. The van der Waals surface area contributed by atoms with E-state index in [1.807, 2.05) is 0 Å². The van der Waals surface area contributed by atoms with E-state index in [-0.39, 0.29) is 0 Å². The van der Waals surface area contributed by atoms with Crippen LogP contribution in [0.3, 0.4) is 0 Å². The lowest BCUT2D eigenvalue weighted by molar-refractivity contribution is 0.199. The molecule has 11 heavy (non-hydrogen) atoms. The van der Waals surface area contributed by atoms with Crippen molar-refractivity contribution in [3.8, 4) is 0 Å². The van der Waals surface area contributed by atoms with E-state index in [0.717, 1.165) is 0 Å². The molecule has 0 saturated carbocycles. The molecule has 1 rings (SSSR count). The molecule has 0 aliphatic carbocycles. The molecular weight excluding hydrogens is 183 g/mol. The first-order valence-electron chi connectivity index (χ1n) is 3.24. The molecule has 0 aliphatic heterocycles. The topological polar surface area (TPSA) is 20.2 Å². The number of hydrogen-bond donors (Lipinski definition) is 1. The third kappa shape index (κ3) is 2.09. The minimum absolute atomic E-state index is 0.507. The standard InChI is InChI=1S/C8H8Cl2O/c1-5(11)7-3-2-6(9)4-8(7)10/h2-5,11H,1H3/t5-/m1/s1. The van der Waals surface area contributed by atoms with E-state index >= 15 is 0 Å². The Bertz CT molecular complexity index is 258. The fourth-order valence-corrected chi connectivity index (χ4v) is 1.41. The smallest absolute Gasteiger partial charge is 0.0776 e. The molecule has 1 nitrogen and oxygen atoms in total. The van der Waals surface area contributed by atoms with Crippen LogP contribution in [0.5, 0.6) is 0 Å². The summed E-state index contributed by atoms with van der Waals surface area (Å²) in [7, 11) is 0. The zero-order chi connectivity index (χ0) is 8.43. The molecule has 0 saturated heterocycles. The van der Waals surface area contributed by atoms with Gasteiger partial charge in [0.15, 0.2) is 0 Å². The molecule has 0 unspecified atom stereocenters. The maximum atomic E-state index is 9.17. The van der Waals surface area contributed by atoms with E-state index in [0.29, 0.717) is 15.6 Å². The summed E-state index contributed by atoms with van der Waals surface area (Å²) < 4.78 is 0. The van der Waals surface area contributed by atoms with Crippen LogP contribution in [-0.2, 0) is 0 Å². The molecule has 0 aromatic heterocycles. The summed E-state index contributed by atoms with van der Waals surface area (Å²) in [5, 5.41) is 10.3. The first-order chi connectivity index (χ1) is 5.11. The van der Waals surface area contributed by atoms with Crippen LogP contribution in [0.1, 0.15) is 18.6 Å². The van der Waals surface area contributed by atoms with Crippen LogP contribution < -0.4 is 0 Å². The van der Waals surface area contributed by atoms with E-state index in [9.17, 15) is 0 Å². The minimum Gasteiger partial charge on any atom is -0.389 e. The average Bonchev–Trinajstić information content (AvgIpc) is 1.85. The highest BCUT2D eigenvalue weighted by Gasteiger charge is 2.05. The molecule has 1 aromatic carbocycles. The molecule has 3 heteroatoms. The van der Waals surface area contributed by atoms with Crippen LogP contribution >= 0.6 is 23.2 Å². The summed E-state index contributed by atoms with van der Waals surface area (Å²) in [4.78, 5) is 0. The largest absolute Gasteiger partial charge is 0.389 e. The van der Waals surface area contributed by atoms with Crippen LogP contribution in [-0.4, -0.2) is 5.11 Å². The fourth-order valence-electron chi connectivity index (χ4n) is 0.840. The predicted molar refractivity (Wildman–Crippen MR) is 47.1 cm³/mol. The van der Waals surface area contributed by atoms with Gasteiger partial charge in [-0.2, -0.15) is 0 Å². The van der Waals surface area contributed by atoms with Crippen molar-refractivity contribution in [2.24, 2.45) is 0 Å². The van der Waals surface area contributed by atoms with Crippen molar-refractivity contribution in [2.75, 3.05) is 0 Å². The molecule has 1 atom stereocenters. The molecule has 0 heterocycles. The van der Waals surface area contributed by atoms with Gasteiger partial charge in [0.1, 0.15) is 0 Å². The van der Waals surface area contributed by atoms with Crippen LogP contribution in [0.15, 0.2) is 18.2 Å². The molecule has 0 amide bonds. The predicted octanol–water partition coefficient (Wildman–Crippen LogP) is 3.05. The van der Waals surface area contributed by atoms with E-state index in [4.69, 9.17) is 28.3 Å². The van der Waals surface area contributed by atoms with Crippen molar-refractivity contribution in [3.05, 3.63) is 33.8 Å². The fraction of sp³-hybridized carbons (Fsp3) is 0.250. The second kappa shape index (κ2) is 3.44. The lowest BCUT2D eigenvalue weighted by Gasteiger charge is -2.06. The van der Waals surface area contributed by atoms with E-state index in [1.165, 1.54) is 0 Å². The summed E-state index contributed by atoms with van der Waals surface area (Å²) >= 11 is 11.4. The molecule has 0 radical (unpaired) electrons. The van der Waals surface area contributed by atoms with Gasteiger partial charge < -0.3 is 5.11 Å². The summed E-state index contributed by atoms with van der Waals surface area (Å²) in [5.41, 5.74) is 0.705. The van der Waals surface area contributed by atoms with Crippen molar-refractivity contribution >= 4 is 23.2 Å². The Morgan fingerprint density at radius 2 is 2.00 bits per heavy atom. The molecule has 0 fully saturated rings. The quantitative estimate of drug-likeness (QED) is 0.723. The number of hydrogen-bond acceptors (Lipinski definition) is 1. The molecule has 60 valence electrons. The highest BCUT2D eigenvalue weighted by molar-refractivity contribution is 6.35. The van der Waals surface area contributed by atoms with Gasteiger partial charge in [0, 0.05) is 10.0 Å². The van der Waals surface area contributed by atoms with Gasteiger partial charge in [0.25, 0.3) is 0 Å². The van der Waals surface area contributed by atoms with Gasteiger partial charge >= 0.3 is 0 Å². The summed E-state index contributed by atoms with van der Waals surface area (Å²) in [5.74, 6) is 0. The normalized spacial score (nSPS) is 13.1. The molecule has 0 spiro atoms. The number of aliphatic hydroxyl groups excluding tert-OH is 1. The number of halogens is 2. The van der Waals surface area contributed by atoms with Crippen LogP contribution in [0.4, 0.5) is 0 Å². The first kappa shape index (κ1) is 8.85. The molecule has 0 bridgehead atoms. The summed E-state index contributed by atoms with van der Waals surface area (Å²) in [6.07, 6.45) is -0.542. The minimum atomic E-state index is -0.542. The average molecular weight is 191 g/mol.